The van der Waals surface area contributed by atoms with Crippen molar-refractivity contribution in [2.75, 3.05) is 24.5 Å². The number of fused-ring (bicyclic) bond motifs is 1. The Morgan fingerprint density at radius 3 is 2.68 bits per heavy atom. The summed E-state index contributed by atoms with van der Waals surface area (Å²) in [5, 5.41) is 8.87. The molecule has 0 bridgehead atoms. The lowest BCUT2D eigenvalue weighted by Gasteiger charge is -2.21. The van der Waals surface area contributed by atoms with Crippen LogP contribution < -0.4 is 15.5 Å². The first-order chi connectivity index (χ1) is 14.7. The van der Waals surface area contributed by atoms with Gasteiger partial charge in [0.2, 0.25) is 0 Å². The van der Waals surface area contributed by atoms with Crippen LogP contribution >= 0.6 is 24.0 Å². The van der Waals surface area contributed by atoms with Gasteiger partial charge in [0.15, 0.2) is 5.96 Å². The summed E-state index contributed by atoms with van der Waals surface area (Å²) in [5.41, 5.74) is 0.954. The SMILES string of the molecule is CCNC(=NCc1nccc2ccccc12)NC1CCN(c2c(F)cccc2F)C1.I. The lowest BCUT2D eigenvalue weighted by Crippen LogP contribution is -2.44. The van der Waals surface area contributed by atoms with Gasteiger partial charge < -0.3 is 15.5 Å². The number of hydrogen-bond donors (Lipinski definition) is 2. The molecule has 1 atom stereocenters. The van der Waals surface area contributed by atoms with Gasteiger partial charge in [-0.25, -0.2) is 13.8 Å². The topological polar surface area (TPSA) is 52.6 Å². The zero-order chi connectivity index (χ0) is 20.9. The Balaban J connectivity index is 0.00000272. The highest BCUT2D eigenvalue weighted by atomic mass is 127. The van der Waals surface area contributed by atoms with E-state index in [1.807, 2.05) is 31.2 Å². The van der Waals surface area contributed by atoms with Gasteiger partial charge in [0.05, 0.1) is 12.2 Å². The van der Waals surface area contributed by atoms with Crippen LogP contribution in [0.1, 0.15) is 19.0 Å². The molecule has 164 valence electrons. The van der Waals surface area contributed by atoms with Crippen LogP contribution in [0.2, 0.25) is 0 Å². The summed E-state index contributed by atoms with van der Waals surface area (Å²) in [6.45, 7) is 4.25. The molecule has 1 unspecified atom stereocenters. The second kappa shape index (κ2) is 10.7. The number of anilines is 1. The van der Waals surface area contributed by atoms with E-state index in [2.05, 4.69) is 21.7 Å². The summed E-state index contributed by atoms with van der Waals surface area (Å²) in [6.07, 6.45) is 2.57. The predicted molar refractivity (Wildman–Crippen MR) is 132 cm³/mol. The second-order valence-corrected chi connectivity index (χ2v) is 7.32. The normalized spacial score (nSPS) is 16.3. The predicted octanol–water partition coefficient (Wildman–Crippen LogP) is 4.47. The minimum Gasteiger partial charge on any atom is -0.365 e. The van der Waals surface area contributed by atoms with Crippen LogP contribution in [0.25, 0.3) is 10.8 Å². The van der Waals surface area contributed by atoms with Crippen molar-refractivity contribution in [2.24, 2.45) is 4.99 Å². The number of pyridine rings is 1. The summed E-state index contributed by atoms with van der Waals surface area (Å²) in [5.74, 6) is -0.385. The number of nitrogens with zero attached hydrogens (tertiary/aromatic N) is 3. The molecule has 1 aliphatic heterocycles. The summed E-state index contributed by atoms with van der Waals surface area (Å²) in [6, 6.07) is 14.1. The van der Waals surface area contributed by atoms with Gasteiger partial charge in [0, 0.05) is 37.3 Å². The van der Waals surface area contributed by atoms with E-state index >= 15 is 0 Å². The van der Waals surface area contributed by atoms with Gasteiger partial charge in [0.1, 0.15) is 17.3 Å². The molecule has 1 fully saturated rings. The van der Waals surface area contributed by atoms with Crippen molar-refractivity contribution in [1.29, 1.82) is 0 Å². The van der Waals surface area contributed by atoms with Crippen LogP contribution in [-0.4, -0.2) is 36.6 Å². The highest BCUT2D eigenvalue weighted by molar-refractivity contribution is 14.0. The van der Waals surface area contributed by atoms with E-state index in [-0.39, 0.29) is 35.7 Å². The number of guanidine groups is 1. The molecule has 0 aliphatic carbocycles. The van der Waals surface area contributed by atoms with Crippen molar-refractivity contribution >= 4 is 46.4 Å². The molecule has 1 aromatic heterocycles. The average Bonchev–Trinajstić information content (AvgIpc) is 3.20. The van der Waals surface area contributed by atoms with E-state index in [9.17, 15) is 8.78 Å². The molecule has 0 saturated carbocycles. The van der Waals surface area contributed by atoms with Crippen molar-refractivity contribution in [3.63, 3.8) is 0 Å². The molecule has 3 aromatic rings. The first kappa shape index (κ1) is 23.2. The maximum Gasteiger partial charge on any atom is 0.191 e. The van der Waals surface area contributed by atoms with Crippen molar-refractivity contribution in [2.45, 2.75) is 25.9 Å². The minimum absolute atomic E-state index is 0. The molecule has 4 rings (SSSR count). The largest absolute Gasteiger partial charge is 0.365 e. The third kappa shape index (κ3) is 5.41. The van der Waals surface area contributed by atoms with E-state index in [1.54, 1.807) is 11.1 Å². The lowest BCUT2D eigenvalue weighted by molar-refractivity contribution is 0.576. The zero-order valence-corrected chi connectivity index (χ0v) is 19.6. The molecule has 2 heterocycles. The fourth-order valence-electron chi connectivity index (χ4n) is 3.85. The third-order valence-corrected chi connectivity index (χ3v) is 5.27. The van der Waals surface area contributed by atoms with Crippen LogP contribution in [0.4, 0.5) is 14.5 Å². The van der Waals surface area contributed by atoms with E-state index < -0.39 is 11.6 Å². The fraction of sp³-hybridized carbons (Fsp3) is 0.304. The molecule has 1 aliphatic rings. The van der Waals surface area contributed by atoms with Gasteiger partial charge in [0.25, 0.3) is 0 Å². The molecular formula is C23H26F2IN5. The van der Waals surface area contributed by atoms with Crippen molar-refractivity contribution in [3.05, 3.63) is 72.1 Å². The lowest BCUT2D eigenvalue weighted by atomic mass is 10.1. The van der Waals surface area contributed by atoms with Crippen LogP contribution in [0.5, 0.6) is 0 Å². The van der Waals surface area contributed by atoms with Crippen LogP contribution in [0, 0.1) is 11.6 Å². The zero-order valence-electron chi connectivity index (χ0n) is 17.3. The molecule has 31 heavy (non-hydrogen) atoms. The third-order valence-electron chi connectivity index (χ3n) is 5.27. The van der Waals surface area contributed by atoms with Gasteiger partial charge in [-0.3, -0.25) is 4.98 Å². The standard InChI is InChI=1S/C23H25F2N5.HI/c1-2-26-23(28-14-21-18-7-4-3-6-16(18)10-12-27-21)29-17-11-13-30(15-17)22-19(24)8-5-9-20(22)25;/h3-10,12,17H,2,11,13-15H2,1H3,(H2,26,28,29);1H. The Morgan fingerprint density at radius 1 is 1.13 bits per heavy atom. The first-order valence-corrected chi connectivity index (χ1v) is 10.2. The van der Waals surface area contributed by atoms with Crippen LogP contribution in [-0.2, 0) is 6.54 Å². The number of hydrogen-bond acceptors (Lipinski definition) is 3. The summed E-state index contributed by atoms with van der Waals surface area (Å²) < 4.78 is 28.2. The molecule has 5 nitrogen and oxygen atoms in total. The van der Waals surface area contributed by atoms with E-state index in [4.69, 9.17) is 4.99 Å². The number of nitrogens with one attached hydrogen (secondary N) is 2. The van der Waals surface area contributed by atoms with Gasteiger partial charge >= 0.3 is 0 Å². The van der Waals surface area contributed by atoms with Gasteiger partial charge in [-0.05, 0) is 36.9 Å². The molecule has 0 radical (unpaired) electrons. The Kier molecular flexibility index (Phi) is 8.00. The molecule has 0 amide bonds. The van der Waals surface area contributed by atoms with Crippen molar-refractivity contribution in [3.8, 4) is 0 Å². The number of benzene rings is 2. The summed E-state index contributed by atoms with van der Waals surface area (Å²) >= 11 is 0. The number of aliphatic imine (C=N–C) groups is 1. The van der Waals surface area contributed by atoms with Crippen molar-refractivity contribution < 1.29 is 8.78 Å². The molecule has 2 aromatic carbocycles. The monoisotopic (exact) mass is 537 g/mol. The highest BCUT2D eigenvalue weighted by Crippen LogP contribution is 2.26. The quantitative estimate of drug-likeness (QED) is 0.287. The van der Waals surface area contributed by atoms with E-state index in [1.165, 1.54) is 18.2 Å². The Labute approximate surface area is 198 Å². The number of para-hydroxylation sites is 1. The maximum atomic E-state index is 14.1. The van der Waals surface area contributed by atoms with Gasteiger partial charge in [-0.15, -0.1) is 24.0 Å². The minimum atomic E-state index is -0.529. The Hall–Kier alpha value is -2.49. The van der Waals surface area contributed by atoms with E-state index in [0.29, 0.717) is 32.1 Å². The average molecular weight is 537 g/mol. The van der Waals surface area contributed by atoms with Gasteiger partial charge in [-0.1, -0.05) is 30.3 Å². The summed E-state index contributed by atoms with van der Waals surface area (Å²) in [4.78, 5) is 10.9. The van der Waals surface area contributed by atoms with Crippen LogP contribution in [0.15, 0.2) is 59.7 Å². The number of aromatic nitrogens is 1. The van der Waals surface area contributed by atoms with Gasteiger partial charge in [-0.2, -0.15) is 0 Å². The Morgan fingerprint density at radius 2 is 1.90 bits per heavy atom. The second-order valence-electron chi connectivity index (χ2n) is 7.32. The van der Waals surface area contributed by atoms with Crippen LogP contribution in [0.3, 0.4) is 0 Å². The molecule has 0 spiro atoms. The smallest absolute Gasteiger partial charge is 0.191 e. The molecule has 8 heteroatoms. The Bertz CT molecular complexity index is 1030. The maximum absolute atomic E-state index is 14.1. The number of rotatable bonds is 5. The van der Waals surface area contributed by atoms with E-state index in [0.717, 1.165) is 22.9 Å². The molecular weight excluding hydrogens is 511 g/mol. The molecule has 2 N–H and O–H groups in total. The number of halogens is 3. The highest BCUT2D eigenvalue weighted by Gasteiger charge is 2.27. The fourth-order valence-corrected chi connectivity index (χ4v) is 3.85. The summed E-state index contributed by atoms with van der Waals surface area (Å²) in [7, 11) is 0. The first-order valence-electron chi connectivity index (χ1n) is 10.2. The molecule has 1 saturated heterocycles. The van der Waals surface area contributed by atoms with Crippen molar-refractivity contribution in [1.82, 2.24) is 15.6 Å².